The van der Waals surface area contributed by atoms with Crippen molar-refractivity contribution in [2.75, 3.05) is 12.0 Å². The Balaban J connectivity index is 1.97. The van der Waals surface area contributed by atoms with Crippen molar-refractivity contribution in [2.24, 2.45) is 0 Å². The Bertz CT molecular complexity index is 756. The van der Waals surface area contributed by atoms with E-state index in [4.69, 9.17) is 17.0 Å². The Kier molecular flexibility index (Phi) is 4.27. The molecule has 1 fully saturated rings. The summed E-state index contributed by atoms with van der Waals surface area (Å²) in [5.74, 6) is 0.503. The molecule has 1 saturated heterocycles. The summed E-state index contributed by atoms with van der Waals surface area (Å²) in [5, 5.41) is 0. The third-order valence-electron chi connectivity index (χ3n) is 3.22. The van der Waals surface area contributed by atoms with Crippen LogP contribution in [-0.2, 0) is 4.79 Å². The van der Waals surface area contributed by atoms with Crippen molar-refractivity contribution in [2.45, 2.75) is 0 Å². The minimum atomic E-state index is -0.122. The molecule has 0 aromatic heterocycles. The number of thiocarbonyl (C=S) groups is 1. The number of rotatable bonds is 3. The van der Waals surface area contributed by atoms with Crippen LogP contribution in [0.4, 0.5) is 5.69 Å². The van der Waals surface area contributed by atoms with E-state index in [1.165, 1.54) is 16.7 Å². The highest BCUT2D eigenvalue weighted by molar-refractivity contribution is 8.27. The van der Waals surface area contributed by atoms with E-state index in [-0.39, 0.29) is 5.91 Å². The molecule has 0 radical (unpaired) electrons. The summed E-state index contributed by atoms with van der Waals surface area (Å²) in [6, 6.07) is 17.1. The molecule has 110 valence electrons. The fourth-order valence-electron chi connectivity index (χ4n) is 2.19. The van der Waals surface area contributed by atoms with E-state index in [0.29, 0.717) is 20.7 Å². The van der Waals surface area contributed by atoms with Crippen LogP contribution in [0.25, 0.3) is 6.08 Å². The quantitative estimate of drug-likeness (QED) is 0.627. The maximum atomic E-state index is 12.7. The zero-order valence-electron chi connectivity index (χ0n) is 11.9. The Morgan fingerprint density at radius 1 is 1.09 bits per heavy atom. The van der Waals surface area contributed by atoms with Gasteiger partial charge in [0, 0.05) is 0 Å². The predicted octanol–water partition coefficient (Wildman–Crippen LogP) is 4.10. The third kappa shape index (κ3) is 2.77. The molecule has 1 amide bonds. The maximum absolute atomic E-state index is 12.7. The zero-order valence-corrected chi connectivity index (χ0v) is 13.5. The first-order valence-corrected chi connectivity index (χ1v) is 7.89. The Morgan fingerprint density at radius 2 is 1.77 bits per heavy atom. The van der Waals surface area contributed by atoms with E-state index < -0.39 is 0 Å². The van der Waals surface area contributed by atoms with Crippen molar-refractivity contribution in [3.8, 4) is 5.75 Å². The lowest BCUT2D eigenvalue weighted by molar-refractivity contribution is -0.113. The number of methoxy groups -OCH3 is 1. The molecule has 1 aliphatic heterocycles. The van der Waals surface area contributed by atoms with Crippen LogP contribution < -0.4 is 9.64 Å². The van der Waals surface area contributed by atoms with Gasteiger partial charge in [0.1, 0.15) is 5.75 Å². The number of ether oxygens (including phenoxy) is 1. The fourth-order valence-corrected chi connectivity index (χ4v) is 3.48. The molecule has 0 bridgehead atoms. The molecule has 5 heteroatoms. The minimum Gasteiger partial charge on any atom is -0.495 e. The molecule has 0 N–H and O–H groups in total. The van der Waals surface area contributed by atoms with Gasteiger partial charge in [0.25, 0.3) is 5.91 Å². The zero-order chi connectivity index (χ0) is 15.5. The summed E-state index contributed by atoms with van der Waals surface area (Å²) in [7, 11) is 1.58. The van der Waals surface area contributed by atoms with E-state index in [2.05, 4.69) is 0 Å². The SMILES string of the molecule is COc1ccccc1N1C(=O)C(=Cc2ccccc2)SC1=S. The number of anilines is 1. The largest absolute Gasteiger partial charge is 0.495 e. The average molecular weight is 327 g/mol. The number of carbonyl (C=O) groups is 1. The smallest absolute Gasteiger partial charge is 0.270 e. The van der Waals surface area contributed by atoms with Gasteiger partial charge in [-0.3, -0.25) is 9.69 Å². The number of thioether (sulfide) groups is 1. The second-order valence-corrected chi connectivity index (χ2v) is 6.28. The first-order chi connectivity index (χ1) is 10.7. The predicted molar refractivity (Wildman–Crippen MR) is 95.1 cm³/mol. The van der Waals surface area contributed by atoms with Crippen LogP contribution in [0.5, 0.6) is 5.75 Å². The first-order valence-electron chi connectivity index (χ1n) is 6.67. The lowest BCUT2D eigenvalue weighted by atomic mass is 10.2. The Hall–Kier alpha value is -2.11. The number of hydrogen-bond donors (Lipinski definition) is 0. The van der Waals surface area contributed by atoms with E-state index in [9.17, 15) is 4.79 Å². The number of carbonyl (C=O) groups excluding carboxylic acids is 1. The van der Waals surface area contributed by atoms with Crippen molar-refractivity contribution in [3.05, 3.63) is 65.1 Å². The summed E-state index contributed by atoms with van der Waals surface area (Å²) < 4.78 is 5.84. The van der Waals surface area contributed by atoms with Gasteiger partial charge in [0.05, 0.1) is 17.7 Å². The van der Waals surface area contributed by atoms with E-state index in [1.54, 1.807) is 7.11 Å². The molecular formula is C17H13NO2S2. The summed E-state index contributed by atoms with van der Waals surface area (Å²) in [6.45, 7) is 0. The lowest BCUT2D eigenvalue weighted by Crippen LogP contribution is -2.27. The highest BCUT2D eigenvalue weighted by Gasteiger charge is 2.34. The highest BCUT2D eigenvalue weighted by atomic mass is 32.2. The molecule has 1 aliphatic rings. The number of nitrogens with zero attached hydrogens (tertiary/aromatic N) is 1. The molecule has 22 heavy (non-hydrogen) atoms. The molecule has 0 atom stereocenters. The second-order valence-electron chi connectivity index (χ2n) is 4.60. The molecule has 0 spiro atoms. The van der Waals surface area contributed by atoms with Crippen LogP contribution in [0.3, 0.4) is 0 Å². The minimum absolute atomic E-state index is 0.122. The standard InChI is InChI=1S/C17H13NO2S2/c1-20-14-10-6-5-9-13(14)18-16(19)15(22-17(18)21)11-12-7-3-2-4-8-12/h2-11H,1H3. The Morgan fingerprint density at radius 3 is 2.50 bits per heavy atom. The summed E-state index contributed by atoms with van der Waals surface area (Å²) in [6.07, 6.45) is 1.86. The lowest BCUT2D eigenvalue weighted by Gasteiger charge is -2.17. The fraction of sp³-hybridized carbons (Fsp3) is 0.0588. The van der Waals surface area contributed by atoms with Gasteiger partial charge >= 0.3 is 0 Å². The van der Waals surface area contributed by atoms with Crippen molar-refractivity contribution >= 4 is 46.0 Å². The molecule has 0 aliphatic carbocycles. The van der Waals surface area contributed by atoms with Gasteiger partial charge < -0.3 is 4.74 Å². The summed E-state index contributed by atoms with van der Waals surface area (Å²) in [4.78, 5) is 14.8. The van der Waals surface area contributed by atoms with Crippen molar-refractivity contribution < 1.29 is 9.53 Å². The first kappa shape index (κ1) is 14.8. The van der Waals surface area contributed by atoms with Crippen LogP contribution in [-0.4, -0.2) is 17.3 Å². The van der Waals surface area contributed by atoms with E-state index in [0.717, 1.165) is 5.56 Å². The van der Waals surface area contributed by atoms with Gasteiger partial charge in [-0.05, 0) is 23.8 Å². The second kappa shape index (κ2) is 6.34. The molecule has 2 aromatic carbocycles. The summed E-state index contributed by atoms with van der Waals surface area (Å²) >= 11 is 6.68. The van der Waals surface area contributed by atoms with E-state index in [1.807, 2.05) is 60.7 Å². The monoisotopic (exact) mass is 327 g/mol. The van der Waals surface area contributed by atoms with Gasteiger partial charge in [-0.2, -0.15) is 0 Å². The Labute approximate surface area is 138 Å². The van der Waals surface area contributed by atoms with Gasteiger partial charge in [-0.15, -0.1) is 0 Å². The van der Waals surface area contributed by atoms with Gasteiger partial charge in [0.2, 0.25) is 0 Å². The molecule has 3 rings (SSSR count). The maximum Gasteiger partial charge on any atom is 0.270 e. The molecule has 0 saturated carbocycles. The van der Waals surface area contributed by atoms with Crippen LogP contribution in [0.1, 0.15) is 5.56 Å². The summed E-state index contributed by atoms with van der Waals surface area (Å²) in [5.41, 5.74) is 1.65. The number of hydrogen-bond acceptors (Lipinski definition) is 4. The normalized spacial score (nSPS) is 16.4. The van der Waals surface area contributed by atoms with Gasteiger partial charge in [-0.1, -0.05) is 66.4 Å². The number of benzene rings is 2. The van der Waals surface area contributed by atoms with Crippen molar-refractivity contribution in [1.29, 1.82) is 0 Å². The topological polar surface area (TPSA) is 29.5 Å². The van der Waals surface area contributed by atoms with Gasteiger partial charge in [-0.25, -0.2) is 0 Å². The molecule has 2 aromatic rings. The molecule has 1 heterocycles. The van der Waals surface area contributed by atoms with Crippen LogP contribution in [0.2, 0.25) is 0 Å². The van der Waals surface area contributed by atoms with Crippen LogP contribution in [0.15, 0.2) is 59.5 Å². The van der Waals surface area contributed by atoms with Crippen molar-refractivity contribution in [3.63, 3.8) is 0 Å². The van der Waals surface area contributed by atoms with E-state index >= 15 is 0 Å². The van der Waals surface area contributed by atoms with Gasteiger partial charge in [0.15, 0.2) is 4.32 Å². The van der Waals surface area contributed by atoms with Crippen molar-refractivity contribution in [1.82, 2.24) is 0 Å². The van der Waals surface area contributed by atoms with Crippen LogP contribution in [0, 0.1) is 0 Å². The van der Waals surface area contributed by atoms with Crippen LogP contribution >= 0.6 is 24.0 Å². The molecule has 3 nitrogen and oxygen atoms in total. The average Bonchev–Trinajstić information content (AvgIpc) is 2.82. The number of amides is 1. The molecular weight excluding hydrogens is 314 g/mol. The molecule has 0 unspecified atom stereocenters. The highest BCUT2D eigenvalue weighted by Crippen LogP contribution is 2.39. The number of para-hydroxylation sites is 2. The third-order valence-corrected chi connectivity index (χ3v) is 4.52.